The van der Waals surface area contributed by atoms with Gasteiger partial charge >= 0.3 is 0 Å². The number of carbonyl (C=O) groups excluding carboxylic acids is 1. The summed E-state index contributed by atoms with van der Waals surface area (Å²) in [6.45, 7) is 0.899. The highest BCUT2D eigenvalue weighted by Crippen LogP contribution is 2.24. The van der Waals surface area contributed by atoms with Gasteiger partial charge in [-0.2, -0.15) is 0 Å². The van der Waals surface area contributed by atoms with Gasteiger partial charge in [0.25, 0.3) is 0 Å². The summed E-state index contributed by atoms with van der Waals surface area (Å²) in [4.78, 5) is 12.6. The maximum Gasteiger partial charge on any atom is 0.187 e. The normalized spacial score (nSPS) is 18.5. The van der Waals surface area contributed by atoms with E-state index in [2.05, 4.69) is 5.32 Å². The van der Waals surface area contributed by atoms with Crippen LogP contribution in [0.3, 0.4) is 0 Å². The molecule has 0 unspecified atom stereocenters. The van der Waals surface area contributed by atoms with Gasteiger partial charge < -0.3 is 15.5 Å². The first kappa shape index (κ1) is 15.1. The monoisotopic (exact) mass is 307 g/mol. The number of para-hydroxylation sites is 2. The quantitative estimate of drug-likeness (QED) is 0.746. The van der Waals surface area contributed by atoms with Gasteiger partial charge in [0, 0.05) is 35.4 Å². The van der Waals surface area contributed by atoms with Crippen LogP contribution < -0.4 is 5.32 Å². The molecule has 2 aromatic rings. The van der Waals surface area contributed by atoms with Crippen LogP contribution in [0, 0.1) is 0 Å². The molecule has 116 valence electrons. The third kappa shape index (κ3) is 3.33. The maximum atomic E-state index is 12.6. The summed E-state index contributed by atoms with van der Waals surface area (Å²) < 4.78 is 0. The number of nitrogens with one attached hydrogen (secondary N) is 1. The second-order valence-electron chi connectivity index (χ2n) is 5.39. The average molecular weight is 307 g/mol. The van der Waals surface area contributed by atoms with E-state index in [4.69, 9.17) is 0 Å². The summed E-state index contributed by atoms with van der Waals surface area (Å²) in [5.41, 5.74) is 2.39. The topological polar surface area (TPSA) is 69.6 Å². The van der Waals surface area contributed by atoms with Crippen molar-refractivity contribution in [2.75, 3.05) is 13.1 Å². The second kappa shape index (κ2) is 6.50. The van der Waals surface area contributed by atoms with E-state index in [0.717, 1.165) is 0 Å². The predicted molar refractivity (Wildman–Crippen MR) is 90.0 cm³/mol. The van der Waals surface area contributed by atoms with Gasteiger partial charge in [-0.1, -0.05) is 36.4 Å². The first-order valence-electron chi connectivity index (χ1n) is 7.37. The molecule has 0 aliphatic carbocycles. The molecule has 2 aromatic carbocycles. The molecule has 4 heteroatoms. The predicted octanol–water partition coefficient (Wildman–Crippen LogP) is 2.74. The molecule has 0 radical (unpaired) electrons. The molecule has 4 nitrogen and oxygen atoms in total. The lowest BCUT2D eigenvalue weighted by atomic mass is 9.95. The fourth-order valence-electron chi connectivity index (χ4n) is 2.53. The van der Waals surface area contributed by atoms with Gasteiger partial charge in [0.05, 0.1) is 0 Å². The highest BCUT2D eigenvalue weighted by molar-refractivity contribution is 6.14. The summed E-state index contributed by atoms with van der Waals surface area (Å²) >= 11 is 0. The second-order valence-corrected chi connectivity index (χ2v) is 5.39. The van der Waals surface area contributed by atoms with E-state index in [0.29, 0.717) is 35.4 Å². The molecule has 1 saturated heterocycles. The number of rotatable bonds is 2. The smallest absolute Gasteiger partial charge is 0.187 e. The number of benzene rings is 2. The molecule has 1 fully saturated rings. The molecule has 1 aliphatic rings. The van der Waals surface area contributed by atoms with Crippen molar-refractivity contribution in [2.24, 2.45) is 0 Å². The van der Waals surface area contributed by atoms with Crippen LogP contribution in [-0.4, -0.2) is 29.1 Å². The van der Waals surface area contributed by atoms with Crippen molar-refractivity contribution in [3.8, 4) is 11.5 Å². The van der Waals surface area contributed by atoms with Gasteiger partial charge in [-0.3, -0.25) is 4.79 Å². The lowest BCUT2D eigenvalue weighted by Gasteiger charge is -2.18. The van der Waals surface area contributed by atoms with Crippen molar-refractivity contribution in [2.45, 2.75) is 0 Å². The van der Waals surface area contributed by atoms with Crippen LogP contribution in [0.2, 0.25) is 0 Å². The minimum absolute atomic E-state index is 0.0738. The molecule has 0 atom stereocenters. The Morgan fingerprint density at radius 3 is 1.65 bits per heavy atom. The number of ketones is 1. The average Bonchev–Trinajstić information content (AvgIpc) is 2.55. The number of phenols is 2. The summed E-state index contributed by atoms with van der Waals surface area (Å²) in [5.74, 6) is 0.212. The Hall–Kier alpha value is -2.85. The minimum Gasteiger partial charge on any atom is -0.507 e. The van der Waals surface area contributed by atoms with Gasteiger partial charge in [-0.25, -0.2) is 0 Å². The first-order chi connectivity index (χ1) is 11.1. The summed E-state index contributed by atoms with van der Waals surface area (Å²) in [7, 11) is 0. The van der Waals surface area contributed by atoms with Crippen LogP contribution in [0.25, 0.3) is 12.2 Å². The number of hydrogen-bond acceptors (Lipinski definition) is 4. The molecule has 0 amide bonds. The highest BCUT2D eigenvalue weighted by Gasteiger charge is 2.20. The molecule has 23 heavy (non-hydrogen) atoms. The van der Waals surface area contributed by atoms with Gasteiger partial charge in [0.2, 0.25) is 0 Å². The Morgan fingerprint density at radius 2 is 1.22 bits per heavy atom. The van der Waals surface area contributed by atoms with Gasteiger partial charge in [0.15, 0.2) is 5.78 Å². The van der Waals surface area contributed by atoms with E-state index in [9.17, 15) is 15.0 Å². The van der Waals surface area contributed by atoms with E-state index in [1.165, 1.54) is 0 Å². The number of carbonyl (C=O) groups is 1. The van der Waals surface area contributed by atoms with Crippen molar-refractivity contribution in [3.05, 3.63) is 70.8 Å². The molecule has 1 aliphatic heterocycles. The number of phenolic OH excluding ortho intramolecular Hbond substituents is 2. The van der Waals surface area contributed by atoms with Crippen LogP contribution in [0.15, 0.2) is 59.7 Å². The third-order valence-corrected chi connectivity index (χ3v) is 3.75. The van der Waals surface area contributed by atoms with Gasteiger partial charge in [0.1, 0.15) is 11.5 Å². The molecular formula is C19H17NO3. The zero-order valence-electron chi connectivity index (χ0n) is 12.5. The number of aromatic hydroxyl groups is 2. The molecule has 0 bridgehead atoms. The van der Waals surface area contributed by atoms with E-state index in [1.54, 1.807) is 48.6 Å². The summed E-state index contributed by atoms with van der Waals surface area (Å²) in [6, 6.07) is 13.8. The largest absolute Gasteiger partial charge is 0.507 e. The molecule has 1 heterocycles. The van der Waals surface area contributed by atoms with Crippen molar-refractivity contribution in [1.82, 2.24) is 5.32 Å². The Balaban J connectivity index is 1.93. The molecule has 0 aromatic heterocycles. The zero-order valence-corrected chi connectivity index (χ0v) is 12.5. The standard InChI is InChI=1S/C19H17NO3/c21-17-7-3-1-5-13(17)9-15-11-20-12-16(19(15)23)10-14-6-2-4-8-18(14)22/h1-10,20-22H,11-12H2/b15-9+,16-10+. The van der Waals surface area contributed by atoms with Gasteiger partial charge in [-0.05, 0) is 24.3 Å². The Labute approximate surface area is 134 Å². The van der Waals surface area contributed by atoms with Crippen molar-refractivity contribution < 1.29 is 15.0 Å². The summed E-state index contributed by atoms with van der Waals surface area (Å²) in [6.07, 6.45) is 3.39. The van der Waals surface area contributed by atoms with E-state index in [-0.39, 0.29) is 17.3 Å². The first-order valence-corrected chi connectivity index (χ1v) is 7.37. The SMILES string of the molecule is O=C1/C(=C/c2ccccc2O)CNC/C1=C\c1ccccc1O. The fourth-order valence-corrected chi connectivity index (χ4v) is 2.53. The van der Waals surface area contributed by atoms with Crippen LogP contribution in [0.4, 0.5) is 0 Å². The van der Waals surface area contributed by atoms with Crippen molar-refractivity contribution >= 4 is 17.9 Å². The van der Waals surface area contributed by atoms with Gasteiger partial charge in [-0.15, -0.1) is 0 Å². The Kier molecular flexibility index (Phi) is 4.26. The third-order valence-electron chi connectivity index (χ3n) is 3.75. The van der Waals surface area contributed by atoms with Crippen LogP contribution in [0.1, 0.15) is 11.1 Å². The van der Waals surface area contributed by atoms with Crippen LogP contribution >= 0.6 is 0 Å². The zero-order chi connectivity index (χ0) is 16.2. The molecule has 0 saturated carbocycles. The fraction of sp³-hybridized carbons (Fsp3) is 0.105. The van der Waals surface area contributed by atoms with Crippen LogP contribution in [-0.2, 0) is 4.79 Å². The number of Topliss-reactive ketones (excluding diaryl/α,β-unsaturated/α-hetero) is 1. The number of piperidine rings is 1. The molecular weight excluding hydrogens is 290 g/mol. The minimum atomic E-state index is -0.0738. The molecule has 0 spiro atoms. The molecule has 3 rings (SSSR count). The molecule has 3 N–H and O–H groups in total. The van der Waals surface area contributed by atoms with E-state index < -0.39 is 0 Å². The van der Waals surface area contributed by atoms with E-state index >= 15 is 0 Å². The maximum absolute atomic E-state index is 12.6. The summed E-state index contributed by atoms with van der Waals surface area (Å²) in [5, 5.41) is 22.9. The Bertz CT molecular complexity index is 740. The highest BCUT2D eigenvalue weighted by atomic mass is 16.3. The number of hydrogen-bond donors (Lipinski definition) is 3. The lowest BCUT2D eigenvalue weighted by Crippen LogP contribution is -2.32. The van der Waals surface area contributed by atoms with Crippen molar-refractivity contribution in [3.63, 3.8) is 0 Å². The Morgan fingerprint density at radius 1 is 0.783 bits per heavy atom. The van der Waals surface area contributed by atoms with E-state index in [1.807, 2.05) is 12.1 Å². The lowest BCUT2D eigenvalue weighted by molar-refractivity contribution is -0.112. The van der Waals surface area contributed by atoms with Crippen LogP contribution in [0.5, 0.6) is 11.5 Å². The van der Waals surface area contributed by atoms with Crippen molar-refractivity contribution in [1.29, 1.82) is 0 Å².